The molecule has 0 radical (unpaired) electrons. The Morgan fingerprint density at radius 1 is 1.25 bits per heavy atom. The van der Waals surface area contributed by atoms with Crippen LogP contribution in [0, 0.1) is 20.8 Å². The van der Waals surface area contributed by atoms with Crippen LogP contribution in [0.1, 0.15) is 27.8 Å². The van der Waals surface area contributed by atoms with E-state index in [0.29, 0.717) is 11.6 Å². The third kappa shape index (κ3) is 4.49. The zero-order valence-corrected chi connectivity index (χ0v) is 14.6. The first-order valence-electron chi connectivity index (χ1n) is 7.45. The number of carbonyl (C=O) groups excluding carboxylic acids is 1. The lowest BCUT2D eigenvalue weighted by molar-refractivity contribution is 0.249. The average Bonchev–Trinajstić information content (AvgIpc) is 2.51. The van der Waals surface area contributed by atoms with Gasteiger partial charge < -0.3 is 10.5 Å². The second-order valence-corrected chi connectivity index (χ2v) is 5.94. The van der Waals surface area contributed by atoms with E-state index in [9.17, 15) is 4.79 Å². The molecule has 6 heteroatoms. The lowest BCUT2D eigenvalue weighted by Gasteiger charge is -2.16. The summed E-state index contributed by atoms with van der Waals surface area (Å²) in [7, 11) is 0. The zero-order chi connectivity index (χ0) is 17.7. The summed E-state index contributed by atoms with van der Waals surface area (Å²) >= 11 is 5.88. The van der Waals surface area contributed by atoms with Gasteiger partial charge in [-0.05, 0) is 67.3 Å². The molecule has 0 heterocycles. The van der Waals surface area contributed by atoms with Crippen molar-refractivity contribution in [2.24, 2.45) is 10.8 Å². The van der Waals surface area contributed by atoms with E-state index < -0.39 is 6.03 Å². The maximum atomic E-state index is 10.7. The zero-order valence-electron chi connectivity index (χ0n) is 13.9. The summed E-state index contributed by atoms with van der Waals surface area (Å²) in [6, 6.07) is 8.62. The van der Waals surface area contributed by atoms with Crippen LogP contribution in [0.5, 0.6) is 5.75 Å². The first-order valence-corrected chi connectivity index (χ1v) is 7.83. The molecule has 0 atom stereocenters. The van der Waals surface area contributed by atoms with Crippen LogP contribution in [-0.4, -0.2) is 12.2 Å². The fraction of sp³-hybridized carbons (Fsp3) is 0.222. The molecule has 0 aliphatic rings. The molecular weight excluding hydrogens is 326 g/mol. The second-order valence-electron chi connectivity index (χ2n) is 5.50. The highest BCUT2D eigenvalue weighted by molar-refractivity contribution is 6.30. The van der Waals surface area contributed by atoms with E-state index in [2.05, 4.69) is 16.6 Å². The van der Waals surface area contributed by atoms with Crippen molar-refractivity contribution in [3.8, 4) is 5.75 Å². The first kappa shape index (κ1) is 17.8. The monoisotopic (exact) mass is 345 g/mol. The van der Waals surface area contributed by atoms with E-state index in [1.54, 1.807) is 18.3 Å². The number of rotatable bonds is 5. The number of nitrogens with one attached hydrogen (secondary N) is 1. The molecule has 0 aliphatic heterocycles. The van der Waals surface area contributed by atoms with E-state index in [1.165, 1.54) is 0 Å². The van der Waals surface area contributed by atoms with Crippen LogP contribution in [0.3, 0.4) is 0 Å². The highest BCUT2D eigenvalue weighted by Crippen LogP contribution is 2.23. The minimum absolute atomic E-state index is 0.434. The maximum Gasteiger partial charge on any atom is 0.332 e. The van der Waals surface area contributed by atoms with E-state index in [4.69, 9.17) is 22.1 Å². The van der Waals surface area contributed by atoms with Gasteiger partial charge in [0.05, 0.1) is 6.21 Å². The predicted molar refractivity (Wildman–Crippen MR) is 96.8 cm³/mol. The highest BCUT2D eigenvalue weighted by Gasteiger charge is 2.11. The molecule has 2 amide bonds. The Labute approximate surface area is 146 Å². The molecule has 0 unspecified atom stereocenters. The SMILES string of the molecule is Cc1cc(C)c(COc2ccc(Cl)cc2)c(C)c1/C=N/NC(N)=O. The van der Waals surface area contributed by atoms with Crippen molar-refractivity contribution >= 4 is 23.8 Å². The quantitative estimate of drug-likeness (QED) is 0.638. The number of urea groups is 1. The number of aryl methyl sites for hydroxylation is 2. The van der Waals surface area contributed by atoms with Crippen LogP contribution in [-0.2, 0) is 6.61 Å². The molecule has 0 fully saturated rings. The van der Waals surface area contributed by atoms with Gasteiger partial charge in [0, 0.05) is 10.6 Å². The Morgan fingerprint density at radius 3 is 2.54 bits per heavy atom. The van der Waals surface area contributed by atoms with Gasteiger partial charge in [0.2, 0.25) is 0 Å². The average molecular weight is 346 g/mol. The van der Waals surface area contributed by atoms with Gasteiger partial charge in [0.15, 0.2) is 0 Å². The van der Waals surface area contributed by atoms with Gasteiger partial charge in [-0.25, -0.2) is 10.2 Å². The Bertz CT molecular complexity index is 771. The van der Waals surface area contributed by atoms with Crippen molar-refractivity contribution < 1.29 is 9.53 Å². The molecule has 2 aromatic carbocycles. The highest BCUT2D eigenvalue weighted by atomic mass is 35.5. The summed E-state index contributed by atoms with van der Waals surface area (Å²) in [5, 5.41) is 4.53. The number of ether oxygens (including phenoxy) is 1. The molecule has 2 rings (SSSR count). The minimum Gasteiger partial charge on any atom is -0.489 e. The number of benzene rings is 2. The number of primary amides is 1. The first-order chi connectivity index (χ1) is 11.4. The van der Waals surface area contributed by atoms with Gasteiger partial charge in [-0.15, -0.1) is 0 Å². The summed E-state index contributed by atoms with van der Waals surface area (Å²) in [4.78, 5) is 10.7. The summed E-state index contributed by atoms with van der Waals surface area (Å²) < 4.78 is 5.85. The molecular formula is C18H20ClN3O2. The molecule has 0 saturated heterocycles. The van der Waals surface area contributed by atoms with Crippen molar-refractivity contribution in [1.82, 2.24) is 5.43 Å². The van der Waals surface area contributed by atoms with Gasteiger partial charge in [0.25, 0.3) is 0 Å². The summed E-state index contributed by atoms with van der Waals surface area (Å²) in [5.41, 5.74) is 12.5. The summed E-state index contributed by atoms with van der Waals surface area (Å²) in [6.07, 6.45) is 1.60. The van der Waals surface area contributed by atoms with Gasteiger partial charge in [-0.2, -0.15) is 5.10 Å². The number of halogens is 1. The number of hydrazone groups is 1. The number of amides is 2. The third-order valence-corrected chi connectivity index (χ3v) is 4.01. The van der Waals surface area contributed by atoms with Crippen molar-refractivity contribution in [3.05, 3.63) is 63.2 Å². The second kappa shape index (κ2) is 7.84. The van der Waals surface area contributed by atoms with Crippen LogP contribution in [0.25, 0.3) is 0 Å². The van der Waals surface area contributed by atoms with Crippen molar-refractivity contribution in [2.45, 2.75) is 27.4 Å². The molecule has 5 nitrogen and oxygen atoms in total. The molecule has 0 aliphatic carbocycles. The molecule has 0 aromatic heterocycles. The van der Waals surface area contributed by atoms with Crippen molar-refractivity contribution in [2.75, 3.05) is 0 Å². The molecule has 2 aromatic rings. The third-order valence-electron chi connectivity index (χ3n) is 3.76. The molecule has 0 spiro atoms. The summed E-state index contributed by atoms with van der Waals surface area (Å²) in [5.74, 6) is 0.754. The van der Waals surface area contributed by atoms with Crippen molar-refractivity contribution in [1.29, 1.82) is 0 Å². The normalized spacial score (nSPS) is 10.8. The Morgan fingerprint density at radius 2 is 1.92 bits per heavy atom. The largest absolute Gasteiger partial charge is 0.489 e. The Hall–Kier alpha value is -2.53. The van der Waals surface area contributed by atoms with Gasteiger partial charge in [-0.1, -0.05) is 17.7 Å². The predicted octanol–water partition coefficient (Wildman–Crippen LogP) is 3.85. The summed E-state index contributed by atoms with van der Waals surface area (Å²) in [6.45, 7) is 6.48. The van der Waals surface area contributed by atoms with Crippen LogP contribution >= 0.6 is 11.6 Å². The lowest BCUT2D eigenvalue weighted by Crippen LogP contribution is -2.24. The van der Waals surface area contributed by atoms with Gasteiger partial charge in [-0.3, -0.25) is 0 Å². The number of hydrogen-bond donors (Lipinski definition) is 2. The van der Waals surface area contributed by atoms with Crippen molar-refractivity contribution in [3.63, 3.8) is 0 Å². The molecule has 24 heavy (non-hydrogen) atoms. The number of hydrogen-bond acceptors (Lipinski definition) is 3. The lowest BCUT2D eigenvalue weighted by atomic mass is 9.94. The fourth-order valence-electron chi connectivity index (χ4n) is 2.51. The minimum atomic E-state index is -0.694. The number of nitrogens with two attached hydrogens (primary N) is 1. The molecule has 0 bridgehead atoms. The Balaban J connectivity index is 2.24. The van der Waals surface area contributed by atoms with Crippen LogP contribution in [0.2, 0.25) is 5.02 Å². The van der Waals surface area contributed by atoms with E-state index >= 15 is 0 Å². The Kier molecular flexibility index (Phi) is 5.82. The molecule has 3 N–H and O–H groups in total. The standard InChI is InChI=1S/C18H20ClN3O2/c1-11-8-12(2)17(10-24-15-6-4-14(19)5-7-15)13(3)16(11)9-21-22-18(20)23/h4-9H,10H2,1-3H3,(H3,20,22,23)/b21-9+. The fourth-order valence-corrected chi connectivity index (χ4v) is 2.64. The number of nitrogens with zero attached hydrogens (tertiary/aromatic N) is 1. The molecule has 0 saturated carbocycles. The van der Waals surface area contributed by atoms with Gasteiger partial charge in [0.1, 0.15) is 12.4 Å². The maximum absolute atomic E-state index is 10.7. The van der Waals surface area contributed by atoms with E-state index in [1.807, 2.05) is 32.9 Å². The van der Waals surface area contributed by atoms with Crippen LogP contribution in [0.4, 0.5) is 4.79 Å². The van der Waals surface area contributed by atoms with Crippen LogP contribution in [0.15, 0.2) is 35.4 Å². The number of carbonyl (C=O) groups is 1. The van der Waals surface area contributed by atoms with Gasteiger partial charge >= 0.3 is 6.03 Å². The van der Waals surface area contributed by atoms with E-state index in [0.717, 1.165) is 33.6 Å². The smallest absolute Gasteiger partial charge is 0.332 e. The van der Waals surface area contributed by atoms with E-state index in [-0.39, 0.29) is 0 Å². The topological polar surface area (TPSA) is 76.7 Å². The van der Waals surface area contributed by atoms with Crippen LogP contribution < -0.4 is 15.9 Å². The molecule has 126 valence electrons.